The predicted molar refractivity (Wildman–Crippen MR) is 47.0 cm³/mol. The second-order valence-corrected chi connectivity index (χ2v) is 2.75. The van der Waals surface area contributed by atoms with E-state index in [0.717, 1.165) is 0 Å². The van der Waals surface area contributed by atoms with Crippen LogP contribution in [0.4, 0.5) is 0 Å². The molecule has 8 nitrogen and oxygen atoms in total. The molecule has 0 fully saturated rings. The molecule has 8 heteroatoms. The van der Waals surface area contributed by atoms with Gasteiger partial charge in [-0.15, -0.1) is 0 Å². The average molecular weight is 230 g/mol. The molecular weight excluding hydrogens is 224 g/mol. The molecule has 6 N–H and O–H groups in total. The van der Waals surface area contributed by atoms with Crippen molar-refractivity contribution in [1.82, 2.24) is 0 Å². The maximum absolute atomic E-state index is 10.6. The molecule has 86 valence electrons. The van der Waals surface area contributed by atoms with Gasteiger partial charge in [-0.3, -0.25) is 0 Å². The van der Waals surface area contributed by atoms with E-state index in [2.05, 4.69) is 0 Å². The summed E-state index contributed by atoms with van der Waals surface area (Å²) in [6.07, 6.45) is 0. The summed E-state index contributed by atoms with van der Waals surface area (Å²) in [5, 5.41) is 53.6. The van der Waals surface area contributed by atoms with E-state index in [0.29, 0.717) is 0 Å². The summed E-state index contributed by atoms with van der Waals surface area (Å²) < 4.78 is 0. The van der Waals surface area contributed by atoms with E-state index in [1.54, 1.807) is 0 Å². The quantitative estimate of drug-likeness (QED) is 0.304. The van der Waals surface area contributed by atoms with Crippen molar-refractivity contribution < 1.29 is 40.2 Å². The van der Waals surface area contributed by atoms with Crippen LogP contribution in [-0.2, 0) is 0 Å². The molecule has 0 atom stereocenters. The number of aromatic hydroxyl groups is 4. The van der Waals surface area contributed by atoms with Gasteiger partial charge in [0.15, 0.2) is 17.2 Å². The zero-order valence-electron chi connectivity index (χ0n) is 7.50. The fraction of sp³-hybridized carbons (Fsp3) is 0. The van der Waals surface area contributed by atoms with Crippen LogP contribution in [0.15, 0.2) is 0 Å². The molecule has 0 aliphatic heterocycles. The van der Waals surface area contributed by atoms with E-state index in [1.165, 1.54) is 0 Å². The summed E-state index contributed by atoms with van der Waals surface area (Å²) in [6, 6.07) is 0. The predicted octanol–water partition coefficient (Wildman–Crippen LogP) is -0.0946. The van der Waals surface area contributed by atoms with Gasteiger partial charge in [0.05, 0.1) is 0 Å². The lowest BCUT2D eigenvalue weighted by Gasteiger charge is -2.10. The SMILES string of the molecule is O=C(O)c1c(O)c(O)c(O)c(C(=O)O)c1O. The van der Waals surface area contributed by atoms with Gasteiger partial charge < -0.3 is 30.6 Å². The number of benzene rings is 1. The molecule has 0 aromatic heterocycles. The van der Waals surface area contributed by atoms with Crippen LogP contribution in [-0.4, -0.2) is 42.6 Å². The van der Waals surface area contributed by atoms with Crippen LogP contribution in [0.3, 0.4) is 0 Å². The highest BCUT2D eigenvalue weighted by Gasteiger charge is 2.30. The molecular formula is C8H6O8. The van der Waals surface area contributed by atoms with Crippen molar-refractivity contribution in [3.63, 3.8) is 0 Å². The molecule has 1 aromatic rings. The first kappa shape index (κ1) is 11.4. The highest BCUT2D eigenvalue weighted by Crippen LogP contribution is 2.46. The zero-order valence-corrected chi connectivity index (χ0v) is 7.50. The number of carboxylic acid groups (broad SMARTS) is 2. The third kappa shape index (κ3) is 1.41. The Morgan fingerprint density at radius 2 is 0.938 bits per heavy atom. The summed E-state index contributed by atoms with van der Waals surface area (Å²) in [5.41, 5.74) is -2.40. The van der Waals surface area contributed by atoms with Gasteiger partial charge in [-0.25, -0.2) is 9.59 Å². The third-order valence-corrected chi connectivity index (χ3v) is 1.82. The molecule has 1 aromatic carbocycles. The van der Waals surface area contributed by atoms with Crippen LogP contribution in [0.1, 0.15) is 20.7 Å². The van der Waals surface area contributed by atoms with E-state index < -0.39 is 46.1 Å². The van der Waals surface area contributed by atoms with Crippen LogP contribution in [0.25, 0.3) is 0 Å². The number of hydrogen-bond acceptors (Lipinski definition) is 6. The Hall–Kier alpha value is -2.64. The molecule has 0 saturated heterocycles. The summed E-state index contributed by atoms with van der Waals surface area (Å²) >= 11 is 0. The Balaban J connectivity index is 3.80. The number of phenols is 4. The van der Waals surface area contributed by atoms with Crippen LogP contribution in [0.2, 0.25) is 0 Å². The van der Waals surface area contributed by atoms with Crippen molar-refractivity contribution in [1.29, 1.82) is 0 Å². The normalized spacial score (nSPS) is 10.0. The fourth-order valence-corrected chi connectivity index (χ4v) is 1.10. The maximum atomic E-state index is 10.6. The number of carbonyl (C=O) groups is 2. The molecule has 0 aliphatic rings. The molecule has 16 heavy (non-hydrogen) atoms. The van der Waals surface area contributed by atoms with Gasteiger partial charge in [0.25, 0.3) is 0 Å². The highest BCUT2D eigenvalue weighted by molar-refractivity contribution is 6.04. The van der Waals surface area contributed by atoms with Gasteiger partial charge in [0, 0.05) is 0 Å². The molecule has 0 aliphatic carbocycles. The minimum atomic E-state index is -1.85. The molecule has 1 rings (SSSR count). The lowest BCUT2D eigenvalue weighted by Crippen LogP contribution is -2.05. The van der Waals surface area contributed by atoms with Gasteiger partial charge in [-0.2, -0.15) is 0 Å². The van der Waals surface area contributed by atoms with E-state index in [4.69, 9.17) is 25.5 Å². The van der Waals surface area contributed by atoms with Crippen molar-refractivity contribution in [3.05, 3.63) is 11.1 Å². The summed E-state index contributed by atoms with van der Waals surface area (Å²) in [5.74, 6) is -9.00. The van der Waals surface area contributed by atoms with Gasteiger partial charge >= 0.3 is 11.9 Å². The highest BCUT2D eigenvalue weighted by atomic mass is 16.4. The first-order valence-electron chi connectivity index (χ1n) is 3.75. The van der Waals surface area contributed by atoms with Gasteiger partial charge in [0.1, 0.15) is 11.1 Å². The van der Waals surface area contributed by atoms with E-state index >= 15 is 0 Å². The van der Waals surface area contributed by atoms with Crippen LogP contribution in [0, 0.1) is 0 Å². The van der Waals surface area contributed by atoms with E-state index in [1.807, 2.05) is 0 Å². The second kappa shape index (κ2) is 3.50. The summed E-state index contributed by atoms with van der Waals surface area (Å²) in [6.45, 7) is 0. The maximum Gasteiger partial charge on any atom is 0.343 e. The monoisotopic (exact) mass is 230 g/mol. The molecule has 0 amide bonds. The molecule has 0 saturated carbocycles. The minimum Gasteiger partial charge on any atom is -0.506 e. The first-order valence-corrected chi connectivity index (χ1v) is 3.75. The third-order valence-electron chi connectivity index (χ3n) is 1.82. The molecule has 0 heterocycles. The van der Waals surface area contributed by atoms with Crippen LogP contribution in [0.5, 0.6) is 23.0 Å². The smallest absolute Gasteiger partial charge is 0.343 e. The Kier molecular flexibility index (Phi) is 2.50. The Labute approximate surface area is 87.2 Å². The first-order chi connectivity index (χ1) is 7.29. The van der Waals surface area contributed by atoms with Gasteiger partial charge in [-0.1, -0.05) is 0 Å². The average Bonchev–Trinajstić information content (AvgIpc) is 2.13. The lowest BCUT2D eigenvalue weighted by atomic mass is 10.1. The van der Waals surface area contributed by atoms with Gasteiger partial charge in [0.2, 0.25) is 5.75 Å². The topological polar surface area (TPSA) is 156 Å². The molecule has 0 spiro atoms. The lowest BCUT2D eigenvalue weighted by molar-refractivity contribution is 0.0685. The second-order valence-electron chi connectivity index (χ2n) is 2.75. The number of phenolic OH excluding ortho intramolecular Hbond substituents is 1. The Morgan fingerprint density at radius 3 is 1.19 bits per heavy atom. The fourth-order valence-electron chi connectivity index (χ4n) is 1.10. The van der Waals surface area contributed by atoms with E-state index in [-0.39, 0.29) is 0 Å². The van der Waals surface area contributed by atoms with Crippen molar-refractivity contribution >= 4 is 11.9 Å². The molecule has 0 radical (unpaired) electrons. The zero-order chi connectivity index (χ0) is 12.6. The number of rotatable bonds is 2. The summed E-state index contributed by atoms with van der Waals surface area (Å²) in [4.78, 5) is 21.2. The Morgan fingerprint density at radius 1 is 0.625 bits per heavy atom. The van der Waals surface area contributed by atoms with Crippen molar-refractivity contribution in [2.45, 2.75) is 0 Å². The van der Waals surface area contributed by atoms with Crippen LogP contribution >= 0.6 is 0 Å². The summed E-state index contributed by atoms with van der Waals surface area (Å²) in [7, 11) is 0. The van der Waals surface area contributed by atoms with Crippen molar-refractivity contribution in [2.24, 2.45) is 0 Å². The largest absolute Gasteiger partial charge is 0.506 e. The number of aromatic carboxylic acids is 2. The molecule has 0 bridgehead atoms. The van der Waals surface area contributed by atoms with Crippen molar-refractivity contribution in [2.75, 3.05) is 0 Å². The standard InChI is InChI=1S/C8H6O8/c9-3-1(7(13)14)4(10)6(12)5(11)2(3)8(15)16/h9-12H,(H,13,14)(H,15,16). The van der Waals surface area contributed by atoms with Gasteiger partial charge in [-0.05, 0) is 0 Å². The number of hydrogen-bond donors (Lipinski definition) is 6. The van der Waals surface area contributed by atoms with E-state index in [9.17, 15) is 14.7 Å². The Bertz CT molecular complexity index is 448. The molecule has 0 unspecified atom stereocenters. The van der Waals surface area contributed by atoms with Crippen LogP contribution < -0.4 is 0 Å². The number of carboxylic acids is 2. The minimum absolute atomic E-state index is 1.20. The van der Waals surface area contributed by atoms with Crippen molar-refractivity contribution in [3.8, 4) is 23.0 Å².